The van der Waals surface area contributed by atoms with Crippen LogP contribution in [0.2, 0.25) is 0 Å². The van der Waals surface area contributed by atoms with Crippen LogP contribution in [0.4, 0.5) is 0 Å². The van der Waals surface area contributed by atoms with Crippen molar-refractivity contribution in [3.05, 3.63) is 33.4 Å². The van der Waals surface area contributed by atoms with E-state index in [1.165, 1.54) is 27.8 Å². The van der Waals surface area contributed by atoms with Crippen LogP contribution in [0.1, 0.15) is 80.8 Å². The smallest absolute Gasteiger partial charge is 0.219 e. The Balaban J connectivity index is 1.75. The third-order valence-corrected chi connectivity index (χ3v) is 7.91. The number of aliphatic hydroxyl groups excluding tert-OH is 4. The quantitative estimate of drug-likeness (QED) is 0.331. The molecule has 1 aromatic rings. The lowest BCUT2D eigenvalue weighted by atomic mass is 9.82. The van der Waals surface area contributed by atoms with Gasteiger partial charge in [0.1, 0.15) is 18.3 Å². The molecule has 6 unspecified atom stereocenters. The zero-order chi connectivity index (χ0) is 26.0. The molecule has 2 aliphatic rings. The highest BCUT2D eigenvalue weighted by Crippen LogP contribution is 2.37. The largest absolute Gasteiger partial charge is 0.392 e. The summed E-state index contributed by atoms with van der Waals surface area (Å²) in [6.45, 7) is 10.1. The van der Waals surface area contributed by atoms with Crippen molar-refractivity contribution < 1.29 is 39.7 Å². The van der Waals surface area contributed by atoms with Crippen LogP contribution in [-0.2, 0) is 53.1 Å². The molecule has 0 saturated carbocycles. The maximum absolute atomic E-state index is 10.6. The number of hydrogen-bond acceptors (Lipinski definition) is 8. The number of benzene rings is 1. The minimum atomic E-state index is -2.04. The van der Waals surface area contributed by atoms with Crippen LogP contribution in [-0.4, -0.2) is 74.6 Å². The Labute approximate surface area is 208 Å². The average Bonchev–Trinajstić information content (AvgIpc) is 2.92. The van der Waals surface area contributed by atoms with Crippen LogP contribution in [0, 0.1) is 0 Å². The summed E-state index contributed by atoms with van der Waals surface area (Å²) in [6.07, 6.45) is 0.921. The maximum atomic E-state index is 10.6. The van der Waals surface area contributed by atoms with Crippen molar-refractivity contribution in [1.82, 2.24) is 0 Å². The van der Waals surface area contributed by atoms with Gasteiger partial charge in [0.05, 0.1) is 38.1 Å². The van der Waals surface area contributed by atoms with Crippen molar-refractivity contribution in [2.45, 2.75) is 122 Å². The van der Waals surface area contributed by atoms with Crippen LogP contribution in [0.25, 0.3) is 0 Å². The minimum Gasteiger partial charge on any atom is -0.392 e. The first-order valence-electron chi connectivity index (χ1n) is 13.0. The fourth-order valence-corrected chi connectivity index (χ4v) is 5.73. The van der Waals surface area contributed by atoms with E-state index in [2.05, 4.69) is 20.8 Å². The predicted molar refractivity (Wildman–Crippen MR) is 131 cm³/mol. The maximum Gasteiger partial charge on any atom is 0.219 e. The first-order chi connectivity index (χ1) is 16.6. The molecule has 0 aliphatic carbocycles. The van der Waals surface area contributed by atoms with E-state index in [-0.39, 0.29) is 13.2 Å². The van der Waals surface area contributed by atoms with E-state index in [1.54, 1.807) is 6.92 Å². The van der Waals surface area contributed by atoms with Crippen LogP contribution >= 0.6 is 0 Å². The van der Waals surface area contributed by atoms with E-state index in [4.69, 9.17) is 19.3 Å². The topological polar surface area (TPSA) is 129 Å². The van der Waals surface area contributed by atoms with Crippen LogP contribution in [0.3, 0.4) is 0 Å². The van der Waals surface area contributed by atoms with E-state index in [9.17, 15) is 20.4 Å². The molecule has 1 fully saturated rings. The van der Waals surface area contributed by atoms with Gasteiger partial charge in [0, 0.05) is 0 Å². The van der Waals surface area contributed by atoms with Gasteiger partial charge in [0.15, 0.2) is 0 Å². The van der Waals surface area contributed by atoms with Gasteiger partial charge in [-0.05, 0) is 85.8 Å². The standard InChI is InChI=1S/C27H44O8/c1-6-17-20-10-9-11-26(5,34-13-22(18(20)7-2)19(8-3)21(17)12-28)15-33-16(4)23(30)24-25(31)27(32,14-29)35-24/h16,23-25,28-32H,6-15H2,1-5H3. The molecule has 8 nitrogen and oxygen atoms in total. The summed E-state index contributed by atoms with van der Waals surface area (Å²) in [5.74, 6) is -2.04. The van der Waals surface area contributed by atoms with E-state index in [0.29, 0.717) is 6.61 Å². The van der Waals surface area contributed by atoms with Gasteiger partial charge >= 0.3 is 0 Å². The average molecular weight is 497 g/mol. The van der Waals surface area contributed by atoms with E-state index >= 15 is 0 Å². The fraction of sp³-hybridized carbons (Fsp3) is 0.778. The number of hydrogen-bond donors (Lipinski definition) is 5. The molecule has 1 saturated heterocycles. The molecule has 35 heavy (non-hydrogen) atoms. The van der Waals surface area contributed by atoms with Crippen molar-refractivity contribution in [2.75, 3.05) is 13.2 Å². The van der Waals surface area contributed by atoms with Crippen molar-refractivity contribution in [3.8, 4) is 0 Å². The number of rotatable bonds is 10. The van der Waals surface area contributed by atoms with Gasteiger partial charge < -0.3 is 39.7 Å². The molecule has 3 rings (SSSR count). The fourth-order valence-electron chi connectivity index (χ4n) is 5.73. The minimum absolute atomic E-state index is 0.0343. The monoisotopic (exact) mass is 496 g/mol. The van der Waals surface area contributed by atoms with Gasteiger partial charge in [-0.15, -0.1) is 0 Å². The molecule has 5 N–H and O–H groups in total. The number of fused-ring (bicyclic) bond motifs is 2. The molecule has 0 radical (unpaired) electrons. The first kappa shape index (κ1) is 28.5. The van der Waals surface area contributed by atoms with E-state index in [0.717, 1.165) is 44.1 Å². The van der Waals surface area contributed by atoms with E-state index in [1.807, 2.05) is 6.92 Å². The molecule has 0 aromatic heterocycles. The van der Waals surface area contributed by atoms with Gasteiger partial charge in [0.25, 0.3) is 0 Å². The van der Waals surface area contributed by atoms with Crippen molar-refractivity contribution in [3.63, 3.8) is 0 Å². The Kier molecular flexibility index (Phi) is 9.37. The Morgan fingerprint density at radius 1 is 1.03 bits per heavy atom. The first-order valence-corrected chi connectivity index (χ1v) is 13.0. The van der Waals surface area contributed by atoms with Crippen molar-refractivity contribution in [1.29, 1.82) is 0 Å². The molecular weight excluding hydrogens is 452 g/mol. The van der Waals surface area contributed by atoms with Crippen molar-refractivity contribution >= 4 is 0 Å². The molecule has 2 bridgehead atoms. The predicted octanol–water partition coefficient (Wildman–Crippen LogP) is 1.68. The van der Waals surface area contributed by atoms with Gasteiger partial charge in [-0.1, -0.05) is 20.8 Å². The summed E-state index contributed by atoms with van der Waals surface area (Å²) in [5.41, 5.74) is 6.82. The Hall–Kier alpha value is -1.10. The van der Waals surface area contributed by atoms with Gasteiger partial charge in [0.2, 0.25) is 5.79 Å². The summed E-state index contributed by atoms with van der Waals surface area (Å²) in [7, 11) is 0. The Morgan fingerprint density at radius 3 is 2.20 bits per heavy atom. The molecule has 2 aliphatic heterocycles. The summed E-state index contributed by atoms with van der Waals surface area (Å²) in [5, 5.41) is 49.9. The molecule has 6 atom stereocenters. The number of aliphatic hydroxyl groups is 5. The summed E-state index contributed by atoms with van der Waals surface area (Å²) < 4.78 is 17.6. The lowest BCUT2D eigenvalue weighted by Crippen LogP contribution is -2.71. The molecule has 0 amide bonds. The van der Waals surface area contributed by atoms with Gasteiger partial charge in [-0.3, -0.25) is 0 Å². The second kappa shape index (κ2) is 11.5. The molecular formula is C27H44O8. The van der Waals surface area contributed by atoms with Crippen LogP contribution < -0.4 is 0 Å². The van der Waals surface area contributed by atoms with Crippen LogP contribution in [0.15, 0.2) is 0 Å². The third kappa shape index (κ3) is 5.45. The Morgan fingerprint density at radius 2 is 1.66 bits per heavy atom. The second-order valence-corrected chi connectivity index (χ2v) is 10.2. The number of ether oxygens (including phenoxy) is 3. The molecule has 8 heteroatoms. The van der Waals surface area contributed by atoms with Crippen molar-refractivity contribution in [2.24, 2.45) is 0 Å². The lowest BCUT2D eigenvalue weighted by Gasteiger charge is -2.49. The summed E-state index contributed by atoms with van der Waals surface area (Å²) in [4.78, 5) is 0. The SMILES string of the molecule is CCc1c(CO)c(CC)c2c(CC)c1CCCC(C)(COC(C)C(O)C1OC(O)(CO)C1O)OC2. The lowest BCUT2D eigenvalue weighted by molar-refractivity contribution is -0.409. The zero-order valence-corrected chi connectivity index (χ0v) is 21.8. The molecule has 0 spiro atoms. The molecule has 2 heterocycles. The van der Waals surface area contributed by atoms with Gasteiger partial charge in [-0.2, -0.15) is 0 Å². The third-order valence-electron chi connectivity index (χ3n) is 7.91. The van der Waals surface area contributed by atoms with Gasteiger partial charge in [-0.25, -0.2) is 0 Å². The van der Waals surface area contributed by atoms with E-state index < -0.39 is 42.4 Å². The Bertz CT molecular complexity index is 873. The highest BCUT2D eigenvalue weighted by atomic mass is 16.7. The molecule has 200 valence electrons. The summed E-state index contributed by atoms with van der Waals surface area (Å²) in [6, 6.07) is 0. The normalized spacial score (nSPS) is 30.7. The highest BCUT2D eigenvalue weighted by Gasteiger charge is 2.57. The van der Waals surface area contributed by atoms with Crippen LogP contribution in [0.5, 0.6) is 0 Å². The summed E-state index contributed by atoms with van der Waals surface area (Å²) >= 11 is 0. The molecule has 1 aromatic carbocycles. The zero-order valence-electron chi connectivity index (χ0n) is 21.8. The second-order valence-electron chi connectivity index (χ2n) is 10.2. The highest BCUT2D eigenvalue weighted by molar-refractivity contribution is 5.52.